The molecule has 11 nitrogen and oxygen atoms in total. The summed E-state index contributed by atoms with van der Waals surface area (Å²) in [6.07, 6.45) is 1.30. The molecule has 138 valence electrons. The maximum atomic E-state index is 12.5. The Balaban J connectivity index is 1.73. The minimum atomic E-state index is -1.07. The van der Waals surface area contributed by atoms with Gasteiger partial charge in [-0.2, -0.15) is 9.36 Å². The fourth-order valence-corrected chi connectivity index (χ4v) is 3.97. The van der Waals surface area contributed by atoms with Crippen LogP contribution in [0.2, 0.25) is 0 Å². The molecule has 0 aromatic carbocycles. The van der Waals surface area contributed by atoms with E-state index in [4.69, 9.17) is 15.7 Å². The van der Waals surface area contributed by atoms with E-state index >= 15 is 0 Å². The Labute approximate surface area is 155 Å². The number of nitrogens with one attached hydrogen (secondary N) is 1. The number of nitrogens with zero attached hydrogens (tertiary/aromatic N) is 4. The summed E-state index contributed by atoms with van der Waals surface area (Å²) in [6.45, 7) is 1.92. The molecule has 2 aliphatic rings. The number of amides is 2. The van der Waals surface area contributed by atoms with E-state index in [9.17, 15) is 14.4 Å². The number of β-lactam (4-membered cyclic amide) rings is 1. The van der Waals surface area contributed by atoms with Crippen molar-refractivity contribution in [3.63, 3.8) is 0 Å². The fourth-order valence-electron chi connectivity index (χ4n) is 2.28. The monoisotopic (exact) mass is 398 g/mol. The highest BCUT2D eigenvalue weighted by Crippen LogP contribution is 2.36. The van der Waals surface area contributed by atoms with Crippen LogP contribution in [0.25, 0.3) is 0 Å². The van der Waals surface area contributed by atoms with Crippen molar-refractivity contribution in [1.29, 1.82) is 0 Å². The van der Waals surface area contributed by atoms with Gasteiger partial charge in [0.05, 0.1) is 5.57 Å². The first-order valence-corrected chi connectivity index (χ1v) is 9.22. The zero-order chi connectivity index (χ0) is 18.8. The van der Waals surface area contributed by atoms with Crippen molar-refractivity contribution in [1.82, 2.24) is 19.6 Å². The van der Waals surface area contributed by atoms with Crippen molar-refractivity contribution in [2.24, 2.45) is 5.16 Å². The van der Waals surface area contributed by atoms with E-state index in [-0.39, 0.29) is 40.0 Å². The molecule has 0 spiro atoms. The molecule has 13 heteroatoms. The topological polar surface area (TPSA) is 160 Å². The number of carbonyl (C=O) groups excluding carboxylic acids is 2. The summed E-state index contributed by atoms with van der Waals surface area (Å²) in [6, 6.07) is -0.804. The summed E-state index contributed by atoms with van der Waals surface area (Å²) in [7, 11) is 0. The van der Waals surface area contributed by atoms with Crippen LogP contribution >= 0.6 is 23.3 Å². The van der Waals surface area contributed by atoms with E-state index in [1.807, 2.05) is 0 Å². The Morgan fingerprint density at radius 3 is 2.96 bits per heavy atom. The number of aromatic nitrogens is 2. The fraction of sp³-hybridized carbons (Fsp3) is 0.385. The molecular weight excluding hydrogens is 384 g/mol. The van der Waals surface area contributed by atoms with Crippen LogP contribution in [-0.4, -0.2) is 66.6 Å². The first-order valence-electron chi connectivity index (χ1n) is 7.40. The zero-order valence-electron chi connectivity index (χ0n) is 13.4. The molecule has 3 rings (SSSR count). The molecule has 1 aromatic rings. The van der Waals surface area contributed by atoms with Crippen molar-refractivity contribution in [2.75, 3.05) is 18.1 Å². The third-order valence-electron chi connectivity index (χ3n) is 3.50. The van der Waals surface area contributed by atoms with Gasteiger partial charge in [0, 0.05) is 23.5 Å². The van der Waals surface area contributed by atoms with Gasteiger partial charge in [-0.05, 0) is 6.92 Å². The lowest BCUT2D eigenvalue weighted by atomic mass is 10.1. The minimum Gasteiger partial charge on any atom is -0.478 e. The average Bonchev–Trinajstić information content (AvgIpc) is 3.05. The van der Waals surface area contributed by atoms with Gasteiger partial charge < -0.3 is 25.9 Å². The van der Waals surface area contributed by atoms with Gasteiger partial charge in [-0.15, -0.1) is 11.8 Å². The Morgan fingerprint density at radius 1 is 1.58 bits per heavy atom. The first-order chi connectivity index (χ1) is 12.4. The molecule has 3 heterocycles. The molecule has 4 N–H and O–H groups in total. The number of carboxylic acids is 1. The molecular formula is C13H14N6O5S2. The molecule has 0 saturated carbocycles. The van der Waals surface area contributed by atoms with Gasteiger partial charge >= 0.3 is 5.97 Å². The number of carboxylic acid groups (broad SMARTS) is 1. The van der Waals surface area contributed by atoms with Gasteiger partial charge in [0.25, 0.3) is 11.8 Å². The van der Waals surface area contributed by atoms with E-state index in [0.29, 0.717) is 0 Å². The van der Waals surface area contributed by atoms with Crippen molar-refractivity contribution >= 4 is 51.9 Å². The lowest BCUT2D eigenvalue weighted by Gasteiger charge is -2.46. The van der Waals surface area contributed by atoms with E-state index in [1.54, 1.807) is 6.92 Å². The molecule has 1 aromatic heterocycles. The van der Waals surface area contributed by atoms with E-state index in [1.165, 1.54) is 22.9 Å². The molecule has 0 radical (unpaired) electrons. The maximum Gasteiger partial charge on any atom is 0.333 e. The lowest BCUT2D eigenvalue weighted by molar-refractivity contribution is -0.144. The van der Waals surface area contributed by atoms with Crippen LogP contribution < -0.4 is 11.1 Å². The summed E-state index contributed by atoms with van der Waals surface area (Å²) in [5, 5.41) is 15.1. The third-order valence-corrected chi connectivity index (χ3v) is 5.36. The number of hydrogen-bond acceptors (Lipinski definition) is 10. The van der Waals surface area contributed by atoms with E-state index in [2.05, 4.69) is 19.8 Å². The molecule has 0 aliphatic carbocycles. The molecule has 1 fully saturated rings. The molecule has 2 aliphatic heterocycles. The highest BCUT2D eigenvalue weighted by atomic mass is 32.2. The lowest BCUT2D eigenvalue weighted by Crippen LogP contribution is -2.69. The number of aliphatic carboxylic acids is 1. The third kappa shape index (κ3) is 3.35. The van der Waals surface area contributed by atoms with Crippen LogP contribution in [0.5, 0.6) is 0 Å². The summed E-state index contributed by atoms with van der Waals surface area (Å²) in [5.74, 6) is -1.92. The zero-order valence-corrected chi connectivity index (χ0v) is 15.0. The Hall–Kier alpha value is -2.67. The number of nitrogen functional groups attached to an aromatic ring is 1. The van der Waals surface area contributed by atoms with Gasteiger partial charge in [0.1, 0.15) is 18.0 Å². The van der Waals surface area contributed by atoms with Gasteiger partial charge in [-0.1, -0.05) is 5.16 Å². The molecule has 2 amide bonds. The summed E-state index contributed by atoms with van der Waals surface area (Å²) >= 11 is 2.16. The Morgan fingerprint density at radius 2 is 2.35 bits per heavy atom. The second-order valence-electron chi connectivity index (χ2n) is 5.17. The number of oxime groups is 1. The predicted molar refractivity (Wildman–Crippen MR) is 93.2 cm³/mol. The molecule has 0 bridgehead atoms. The number of carbonyl (C=O) groups is 3. The summed E-state index contributed by atoms with van der Waals surface area (Å²) < 4.78 is 3.93. The largest absolute Gasteiger partial charge is 0.478 e. The average molecular weight is 398 g/mol. The normalized spacial score (nSPS) is 22.2. The number of thioether (sulfide) groups is 1. The summed E-state index contributed by atoms with van der Waals surface area (Å²) in [5.41, 5.74) is 5.47. The number of anilines is 1. The van der Waals surface area contributed by atoms with Crippen LogP contribution in [0.15, 0.2) is 16.9 Å². The smallest absolute Gasteiger partial charge is 0.333 e. The van der Waals surface area contributed by atoms with Crippen LogP contribution in [0.3, 0.4) is 0 Å². The summed E-state index contributed by atoms with van der Waals surface area (Å²) in [4.78, 5) is 45.9. The molecule has 1 saturated heterocycles. The maximum absolute atomic E-state index is 12.5. The first kappa shape index (κ1) is 18.1. The predicted octanol–water partition coefficient (Wildman–Crippen LogP) is -0.771. The number of nitrogens with two attached hydrogens (primary N) is 1. The molecule has 26 heavy (non-hydrogen) atoms. The quantitative estimate of drug-likeness (QED) is 0.317. The van der Waals surface area contributed by atoms with E-state index in [0.717, 1.165) is 11.5 Å². The number of hydrogen-bond donors (Lipinski definition) is 3. The van der Waals surface area contributed by atoms with Crippen molar-refractivity contribution in [3.8, 4) is 0 Å². The standard InChI is InChI=1S/C13H14N6O5S2/c1-2-24-17-6(8-16-13(14)26-18-8)9(20)15-7-10(21)19-3-5(12(22)23)4-25-11(7)19/h3,7,11H,2,4H2,1H3,(H,15,20)(H,22,23)(H2,14,16,18)/t7?,11-/m1/s1. The van der Waals surface area contributed by atoms with E-state index < -0.39 is 23.8 Å². The molecule has 1 unspecified atom stereocenters. The van der Waals surface area contributed by atoms with Gasteiger partial charge in [0.15, 0.2) is 5.13 Å². The van der Waals surface area contributed by atoms with Gasteiger partial charge in [0.2, 0.25) is 11.5 Å². The van der Waals surface area contributed by atoms with Crippen LogP contribution in [0.4, 0.5) is 5.13 Å². The number of fused-ring (bicyclic) bond motifs is 1. The van der Waals surface area contributed by atoms with Crippen molar-refractivity contribution < 1.29 is 24.3 Å². The second-order valence-corrected chi connectivity index (χ2v) is 7.06. The highest BCUT2D eigenvalue weighted by Gasteiger charge is 2.50. The number of rotatable bonds is 6. The molecule has 2 atom stereocenters. The van der Waals surface area contributed by atoms with Crippen LogP contribution in [0.1, 0.15) is 12.7 Å². The highest BCUT2D eigenvalue weighted by molar-refractivity contribution is 8.00. The van der Waals surface area contributed by atoms with Crippen LogP contribution in [-0.2, 0) is 19.2 Å². The minimum absolute atomic E-state index is 0.00596. The Kier molecular flexibility index (Phi) is 5.08. The van der Waals surface area contributed by atoms with Gasteiger partial charge in [-0.3, -0.25) is 9.59 Å². The second kappa shape index (κ2) is 7.29. The van der Waals surface area contributed by atoms with Crippen LogP contribution in [0, 0.1) is 0 Å². The van der Waals surface area contributed by atoms with Crippen molar-refractivity contribution in [3.05, 3.63) is 17.6 Å². The van der Waals surface area contributed by atoms with Crippen molar-refractivity contribution in [2.45, 2.75) is 18.3 Å². The SMILES string of the molecule is CCON=C(C(=O)NC1C(=O)N2C=C(C(=O)O)CS[C@H]12)c1nsc(N)n1. The Bertz CT molecular complexity index is 822. The van der Waals surface area contributed by atoms with Gasteiger partial charge in [-0.25, -0.2) is 4.79 Å².